The first kappa shape index (κ1) is 12.7. The van der Waals surface area contributed by atoms with Crippen molar-refractivity contribution in [2.45, 2.75) is 24.9 Å². The van der Waals surface area contributed by atoms with Gasteiger partial charge in [0.25, 0.3) is 0 Å². The smallest absolute Gasteiger partial charge is 0.326 e. The molecule has 0 aromatic rings. The molecule has 16 heavy (non-hydrogen) atoms. The molecule has 0 bridgehead atoms. The summed E-state index contributed by atoms with van der Waals surface area (Å²) >= 11 is 0. The van der Waals surface area contributed by atoms with Crippen LogP contribution >= 0.6 is 0 Å². The Bertz CT molecular complexity index is 303. The average Bonchev–Trinajstić information content (AvgIpc) is 2.64. The Morgan fingerprint density at radius 3 is 2.62 bits per heavy atom. The van der Waals surface area contributed by atoms with E-state index in [4.69, 9.17) is 15.9 Å². The summed E-state index contributed by atoms with van der Waals surface area (Å²) in [6.45, 7) is -0.280. The van der Waals surface area contributed by atoms with E-state index < -0.39 is 12.0 Å². The van der Waals surface area contributed by atoms with E-state index in [2.05, 4.69) is 5.32 Å². The van der Waals surface area contributed by atoms with Gasteiger partial charge in [-0.25, -0.2) is 4.79 Å². The van der Waals surface area contributed by atoms with Crippen LogP contribution in [0.4, 0.5) is 0 Å². The lowest BCUT2D eigenvalue weighted by Crippen LogP contribution is -2.43. The highest BCUT2D eigenvalue weighted by atomic mass is 16.4. The molecule has 1 rings (SSSR count). The molecular formula is C10H16N2O4. The molecule has 0 aromatic carbocycles. The molecule has 3 unspecified atom stereocenters. The maximum atomic E-state index is 11.6. The second-order valence-electron chi connectivity index (χ2n) is 3.80. The standard InChI is InChI=1S/C10H16N2O4/c11-7-2-1-6(5-7)9(14)12-8(3-4-13)10(15)16/h1-2,6-8,13H,3-5,11H2,(H,12,14)(H,15,16). The minimum absolute atomic E-state index is 0.00353. The van der Waals surface area contributed by atoms with Gasteiger partial charge >= 0.3 is 5.97 Å². The summed E-state index contributed by atoms with van der Waals surface area (Å²) in [7, 11) is 0. The number of hydrogen-bond acceptors (Lipinski definition) is 4. The molecule has 90 valence electrons. The third kappa shape index (κ3) is 3.32. The van der Waals surface area contributed by atoms with Crippen LogP contribution in [0.25, 0.3) is 0 Å². The number of aliphatic carboxylic acids is 1. The van der Waals surface area contributed by atoms with Gasteiger partial charge in [0.15, 0.2) is 0 Å². The van der Waals surface area contributed by atoms with Crippen molar-refractivity contribution in [3.8, 4) is 0 Å². The van der Waals surface area contributed by atoms with Crippen molar-refractivity contribution in [1.29, 1.82) is 0 Å². The van der Waals surface area contributed by atoms with Crippen LogP contribution in [0, 0.1) is 5.92 Å². The first-order valence-electron chi connectivity index (χ1n) is 5.12. The molecule has 0 aromatic heterocycles. The van der Waals surface area contributed by atoms with Gasteiger partial charge in [-0.15, -0.1) is 0 Å². The highest BCUT2D eigenvalue weighted by Gasteiger charge is 2.26. The summed E-state index contributed by atoms with van der Waals surface area (Å²) in [6.07, 6.45) is 3.91. The largest absolute Gasteiger partial charge is 0.480 e. The topological polar surface area (TPSA) is 113 Å². The molecule has 0 saturated carbocycles. The average molecular weight is 228 g/mol. The van der Waals surface area contributed by atoms with E-state index >= 15 is 0 Å². The predicted octanol–water partition coefficient (Wildman–Crippen LogP) is -1.16. The molecule has 6 heteroatoms. The van der Waals surface area contributed by atoms with Gasteiger partial charge < -0.3 is 21.3 Å². The molecule has 1 amide bonds. The van der Waals surface area contributed by atoms with Crippen LogP contribution < -0.4 is 11.1 Å². The molecule has 0 saturated heterocycles. The number of hydrogen-bond donors (Lipinski definition) is 4. The van der Waals surface area contributed by atoms with Crippen molar-refractivity contribution in [2.75, 3.05) is 6.61 Å². The molecular weight excluding hydrogens is 212 g/mol. The second-order valence-corrected chi connectivity index (χ2v) is 3.80. The first-order valence-corrected chi connectivity index (χ1v) is 5.12. The van der Waals surface area contributed by atoms with E-state index in [9.17, 15) is 9.59 Å². The lowest BCUT2D eigenvalue weighted by atomic mass is 10.1. The minimum Gasteiger partial charge on any atom is -0.480 e. The summed E-state index contributed by atoms with van der Waals surface area (Å²) in [5, 5.41) is 19.8. The fourth-order valence-corrected chi connectivity index (χ4v) is 1.59. The van der Waals surface area contributed by atoms with Crippen LogP contribution in [0.1, 0.15) is 12.8 Å². The number of nitrogens with one attached hydrogen (secondary N) is 1. The van der Waals surface area contributed by atoms with Gasteiger partial charge in [-0.3, -0.25) is 4.79 Å². The van der Waals surface area contributed by atoms with Gasteiger partial charge in [-0.2, -0.15) is 0 Å². The highest BCUT2D eigenvalue weighted by molar-refractivity contribution is 5.86. The van der Waals surface area contributed by atoms with E-state index in [1.54, 1.807) is 12.2 Å². The van der Waals surface area contributed by atoms with Crippen LogP contribution in [0.2, 0.25) is 0 Å². The molecule has 1 aliphatic rings. The summed E-state index contributed by atoms with van der Waals surface area (Å²) < 4.78 is 0. The molecule has 0 heterocycles. The number of rotatable bonds is 5. The van der Waals surface area contributed by atoms with E-state index in [0.717, 1.165) is 0 Å². The molecule has 5 N–H and O–H groups in total. The Kier molecular flexibility index (Phi) is 4.45. The van der Waals surface area contributed by atoms with Crippen LogP contribution in [-0.2, 0) is 9.59 Å². The van der Waals surface area contributed by atoms with Crippen molar-refractivity contribution in [3.05, 3.63) is 12.2 Å². The number of carboxylic acids is 1. The van der Waals surface area contributed by atoms with Gasteiger partial charge in [0, 0.05) is 19.1 Å². The van der Waals surface area contributed by atoms with Gasteiger partial charge in [0.1, 0.15) is 6.04 Å². The van der Waals surface area contributed by atoms with Crippen molar-refractivity contribution >= 4 is 11.9 Å². The Hall–Kier alpha value is -1.40. The summed E-state index contributed by atoms with van der Waals surface area (Å²) in [5.74, 6) is -1.87. The normalized spacial score (nSPS) is 25.4. The Labute approximate surface area is 93.1 Å². The van der Waals surface area contributed by atoms with Gasteiger partial charge in [0.05, 0.1) is 5.92 Å². The van der Waals surface area contributed by atoms with Crippen LogP contribution in [0.5, 0.6) is 0 Å². The third-order valence-corrected chi connectivity index (χ3v) is 2.49. The lowest BCUT2D eigenvalue weighted by Gasteiger charge is -2.16. The number of aliphatic hydroxyl groups is 1. The first-order chi connectivity index (χ1) is 7.54. The van der Waals surface area contributed by atoms with E-state index in [0.29, 0.717) is 6.42 Å². The summed E-state index contributed by atoms with van der Waals surface area (Å²) in [4.78, 5) is 22.4. The molecule has 0 aliphatic heterocycles. The molecule has 0 fully saturated rings. The van der Waals surface area contributed by atoms with Crippen molar-refractivity contribution < 1.29 is 19.8 Å². The zero-order valence-corrected chi connectivity index (χ0v) is 8.80. The van der Waals surface area contributed by atoms with Crippen molar-refractivity contribution in [1.82, 2.24) is 5.32 Å². The summed E-state index contributed by atoms with van der Waals surface area (Å²) in [5.41, 5.74) is 5.59. The zero-order chi connectivity index (χ0) is 12.1. The van der Waals surface area contributed by atoms with E-state index in [-0.39, 0.29) is 30.9 Å². The molecule has 1 aliphatic carbocycles. The predicted molar refractivity (Wildman–Crippen MR) is 56.5 cm³/mol. The lowest BCUT2D eigenvalue weighted by molar-refractivity contribution is -0.142. The quantitative estimate of drug-likeness (QED) is 0.443. The minimum atomic E-state index is -1.14. The van der Waals surface area contributed by atoms with Gasteiger partial charge in [-0.05, 0) is 6.42 Å². The van der Waals surface area contributed by atoms with Gasteiger partial charge in [-0.1, -0.05) is 12.2 Å². The Balaban J connectivity index is 2.49. The summed E-state index contributed by atoms with van der Waals surface area (Å²) in [6, 6.07) is -1.18. The number of carbonyl (C=O) groups is 2. The van der Waals surface area contributed by atoms with Crippen molar-refractivity contribution in [2.24, 2.45) is 11.7 Å². The monoisotopic (exact) mass is 228 g/mol. The van der Waals surface area contributed by atoms with E-state index in [1.165, 1.54) is 0 Å². The maximum Gasteiger partial charge on any atom is 0.326 e. The van der Waals surface area contributed by atoms with Crippen LogP contribution in [0.3, 0.4) is 0 Å². The Morgan fingerprint density at radius 2 is 2.19 bits per heavy atom. The molecule has 6 nitrogen and oxygen atoms in total. The molecule has 0 radical (unpaired) electrons. The van der Waals surface area contributed by atoms with E-state index in [1.807, 2.05) is 0 Å². The molecule has 3 atom stereocenters. The number of aliphatic hydroxyl groups excluding tert-OH is 1. The SMILES string of the molecule is NC1C=CC(C(=O)NC(CCO)C(=O)O)C1. The highest BCUT2D eigenvalue weighted by Crippen LogP contribution is 2.16. The maximum absolute atomic E-state index is 11.6. The number of carbonyl (C=O) groups excluding carboxylic acids is 1. The molecule has 0 spiro atoms. The Morgan fingerprint density at radius 1 is 1.50 bits per heavy atom. The number of amides is 1. The van der Waals surface area contributed by atoms with Crippen LogP contribution in [-0.4, -0.2) is 40.8 Å². The van der Waals surface area contributed by atoms with Gasteiger partial charge in [0.2, 0.25) is 5.91 Å². The fraction of sp³-hybridized carbons (Fsp3) is 0.600. The number of carboxylic acid groups (broad SMARTS) is 1. The second kappa shape index (κ2) is 5.62. The fourth-order valence-electron chi connectivity index (χ4n) is 1.59. The number of nitrogens with two attached hydrogens (primary N) is 1. The van der Waals surface area contributed by atoms with Crippen molar-refractivity contribution in [3.63, 3.8) is 0 Å². The van der Waals surface area contributed by atoms with Crippen LogP contribution in [0.15, 0.2) is 12.2 Å². The third-order valence-electron chi connectivity index (χ3n) is 2.49. The zero-order valence-electron chi connectivity index (χ0n) is 8.80.